The second-order valence-electron chi connectivity index (χ2n) is 8.85. The maximum atomic E-state index is 13.5. The van der Waals surface area contributed by atoms with Crippen LogP contribution in [0.3, 0.4) is 0 Å². The lowest BCUT2D eigenvalue weighted by Crippen LogP contribution is -2.44. The van der Waals surface area contributed by atoms with Crippen LogP contribution in [0.15, 0.2) is 83.3 Å². The van der Waals surface area contributed by atoms with E-state index in [1.807, 2.05) is 79.7 Å². The van der Waals surface area contributed by atoms with E-state index in [0.717, 1.165) is 29.7 Å². The summed E-state index contributed by atoms with van der Waals surface area (Å²) in [5, 5.41) is 0. The molecule has 2 heterocycles. The van der Waals surface area contributed by atoms with E-state index in [-0.39, 0.29) is 24.5 Å². The summed E-state index contributed by atoms with van der Waals surface area (Å²) in [6.07, 6.45) is 5.13. The van der Waals surface area contributed by atoms with E-state index in [9.17, 15) is 9.59 Å². The molecule has 0 radical (unpaired) electrons. The van der Waals surface area contributed by atoms with Crippen LogP contribution in [0.25, 0.3) is 6.08 Å². The second kappa shape index (κ2) is 12.2. The molecule has 182 valence electrons. The predicted octanol–water partition coefficient (Wildman–Crippen LogP) is 4.84. The van der Waals surface area contributed by atoms with Crippen molar-refractivity contribution >= 4 is 17.9 Å². The zero-order valence-corrected chi connectivity index (χ0v) is 20.1. The zero-order valence-electron chi connectivity index (χ0n) is 20.1. The van der Waals surface area contributed by atoms with E-state index >= 15 is 0 Å². The molecule has 35 heavy (non-hydrogen) atoms. The monoisotopic (exact) mass is 472 g/mol. The van der Waals surface area contributed by atoms with Crippen molar-refractivity contribution in [1.82, 2.24) is 9.80 Å². The van der Waals surface area contributed by atoms with Crippen molar-refractivity contribution in [2.45, 2.75) is 39.0 Å². The summed E-state index contributed by atoms with van der Waals surface area (Å²) in [5.74, 6) is 1.18. The fourth-order valence-electron chi connectivity index (χ4n) is 4.16. The van der Waals surface area contributed by atoms with Crippen molar-refractivity contribution in [3.63, 3.8) is 0 Å². The summed E-state index contributed by atoms with van der Waals surface area (Å²) in [5.41, 5.74) is 1.95. The van der Waals surface area contributed by atoms with Crippen molar-refractivity contribution in [3.8, 4) is 0 Å². The number of hydrogen-bond donors (Lipinski definition) is 0. The van der Waals surface area contributed by atoms with Gasteiger partial charge in [0.25, 0.3) is 0 Å². The van der Waals surface area contributed by atoms with Gasteiger partial charge in [-0.15, -0.1) is 0 Å². The van der Waals surface area contributed by atoms with Gasteiger partial charge in [0.1, 0.15) is 18.1 Å². The quantitative estimate of drug-likeness (QED) is 0.396. The summed E-state index contributed by atoms with van der Waals surface area (Å²) in [7, 11) is 0. The lowest BCUT2D eigenvalue weighted by atomic mass is 10.2. The Morgan fingerprint density at radius 2 is 1.69 bits per heavy atom. The third-order valence-electron chi connectivity index (χ3n) is 6.02. The molecule has 3 aromatic rings. The molecule has 0 bridgehead atoms. The lowest BCUT2D eigenvalue weighted by Gasteiger charge is -2.28. The highest BCUT2D eigenvalue weighted by Crippen LogP contribution is 2.17. The lowest BCUT2D eigenvalue weighted by molar-refractivity contribution is -0.140. The van der Waals surface area contributed by atoms with Crippen molar-refractivity contribution in [3.05, 3.63) is 102 Å². The second-order valence-corrected chi connectivity index (χ2v) is 8.85. The third-order valence-corrected chi connectivity index (χ3v) is 6.02. The highest BCUT2D eigenvalue weighted by atomic mass is 16.5. The Kier molecular flexibility index (Phi) is 8.52. The van der Waals surface area contributed by atoms with Crippen LogP contribution in [0.2, 0.25) is 0 Å². The molecule has 1 aliphatic heterocycles. The molecule has 2 amide bonds. The third kappa shape index (κ3) is 7.42. The number of nitrogens with zero attached hydrogens (tertiary/aromatic N) is 2. The van der Waals surface area contributed by atoms with Gasteiger partial charge in [0.15, 0.2) is 0 Å². The highest BCUT2D eigenvalue weighted by molar-refractivity contribution is 5.94. The first kappa shape index (κ1) is 24.5. The first-order chi connectivity index (χ1) is 17.1. The molecule has 1 aliphatic rings. The van der Waals surface area contributed by atoms with Crippen LogP contribution in [0, 0.1) is 6.92 Å². The largest absolute Gasteiger partial charge is 0.464 e. The number of furan rings is 1. The van der Waals surface area contributed by atoms with Crippen LogP contribution in [0.5, 0.6) is 0 Å². The SMILES string of the molecule is Cc1ccc(CN(Cc2ccccc2)C(=O)CN(CC2CCCO2)C(=O)C=Cc2ccccc2)o1. The van der Waals surface area contributed by atoms with Gasteiger partial charge in [-0.05, 0) is 49.1 Å². The number of hydrogen-bond acceptors (Lipinski definition) is 4. The van der Waals surface area contributed by atoms with Crippen molar-refractivity contribution in [2.75, 3.05) is 19.7 Å². The van der Waals surface area contributed by atoms with Crippen LogP contribution in [-0.2, 0) is 27.4 Å². The molecule has 1 atom stereocenters. The summed E-state index contributed by atoms with van der Waals surface area (Å²) in [6, 6.07) is 23.3. The molecule has 0 saturated carbocycles. The average molecular weight is 473 g/mol. The topological polar surface area (TPSA) is 63.0 Å². The van der Waals surface area contributed by atoms with E-state index in [0.29, 0.717) is 32.0 Å². The van der Waals surface area contributed by atoms with Gasteiger partial charge in [0.05, 0.1) is 12.6 Å². The summed E-state index contributed by atoms with van der Waals surface area (Å²) in [6.45, 7) is 3.71. The molecule has 4 rings (SSSR count). The maximum absolute atomic E-state index is 13.5. The summed E-state index contributed by atoms with van der Waals surface area (Å²) in [4.78, 5) is 30.1. The molecule has 6 heteroatoms. The molecule has 1 aromatic heterocycles. The van der Waals surface area contributed by atoms with E-state index in [1.165, 1.54) is 6.08 Å². The number of carbonyl (C=O) groups excluding carboxylic acids is 2. The first-order valence-electron chi connectivity index (χ1n) is 12.1. The molecule has 0 N–H and O–H groups in total. The molecule has 0 spiro atoms. The minimum atomic E-state index is -0.203. The van der Waals surface area contributed by atoms with Gasteiger partial charge in [-0.2, -0.15) is 0 Å². The molecular weight excluding hydrogens is 440 g/mol. The number of aryl methyl sites for hydroxylation is 1. The van der Waals surface area contributed by atoms with Gasteiger partial charge in [-0.1, -0.05) is 60.7 Å². The molecule has 1 unspecified atom stereocenters. The maximum Gasteiger partial charge on any atom is 0.247 e. The standard InChI is InChI=1S/C29H32N2O4/c1-23-14-16-27(35-23)21-30(19-25-11-6-3-7-12-25)29(33)22-31(20-26-13-8-18-34-26)28(32)17-15-24-9-4-2-5-10-24/h2-7,9-12,14-17,26H,8,13,18-22H2,1H3. The van der Waals surface area contributed by atoms with E-state index in [4.69, 9.17) is 9.15 Å². The minimum Gasteiger partial charge on any atom is -0.464 e. The number of carbonyl (C=O) groups is 2. The van der Waals surface area contributed by atoms with Gasteiger partial charge in [0, 0.05) is 25.8 Å². The van der Waals surface area contributed by atoms with Gasteiger partial charge in [0.2, 0.25) is 11.8 Å². The first-order valence-corrected chi connectivity index (χ1v) is 12.1. The Bertz CT molecular complexity index is 1120. The predicted molar refractivity (Wildman–Crippen MR) is 135 cm³/mol. The number of amides is 2. The van der Waals surface area contributed by atoms with Crippen LogP contribution in [0.4, 0.5) is 0 Å². The Balaban J connectivity index is 1.51. The Morgan fingerprint density at radius 1 is 0.943 bits per heavy atom. The fraction of sp³-hybridized carbons (Fsp3) is 0.310. The van der Waals surface area contributed by atoms with Crippen LogP contribution >= 0.6 is 0 Å². The normalized spacial score (nSPS) is 15.4. The Labute approximate surface area is 206 Å². The molecule has 1 saturated heterocycles. The van der Waals surface area contributed by atoms with E-state index in [1.54, 1.807) is 15.9 Å². The molecule has 0 aliphatic carbocycles. The Hall–Kier alpha value is -3.64. The van der Waals surface area contributed by atoms with Crippen LogP contribution in [-0.4, -0.2) is 47.4 Å². The summed E-state index contributed by atoms with van der Waals surface area (Å²) >= 11 is 0. The molecular formula is C29H32N2O4. The van der Waals surface area contributed by atoms with Crippen molar-refractivity contribution in [2.24, 2.45) is 0 Å². The van der Waals surface area contributed by atoms with Crippen LogP contribution < -0.4 is 0 Å². The highest BCUT2D eigenvalue weighted by Gasteiger charge is 2.26. The van der Waals surface area contributed by atoms with Crippen LogP contribution in [0.1, 0.15) is 35.5 Å². The van der Waals surface area contributed by atoms with Gasteiger partial charge in [-0.3, -0.25) is 9.59 Å². The van der Waals surface area contributed by atoms with Gasteiger partial charge in [-0.25, -0.2) is 0 Å². The average Bonchev–Trinajstić information content (AvgIpc) is 3.54. The van der Waals surface area contributed by atoms with Crippen molar-refractivity contribution < 1.29 is 18.7 Å². The van der Waals surface area contributed by atoms with E-state index < -0.39 is 0 Å². The molecule has 6 nitrogen and oxygen atoms in total. The van der Waals surface area contributed by atoms with E-state index in [2.05, 4.69) is 0 Å². The Morgan fingerprint density at radius 3 is 2.34 bits per heavy atom. The van der Waals surface area contributed by atoms with Crippen molar-refractivity contribution in [1.29, 1.82) is 0 Å². The smallest absolute Gasteiger partial charge is 0.247 e. The minimum absolute atomic E-state index is 0.0235. The van der Waals surface area contributed by atoms with Gasteiger partial charge >= 0.3 is 0 Å². The zero-order chi connectivity index (χ0) is 24.5. The van der Waals surface area contributed by atoms with Gasteiger partial charge < -0.3 is 19.0 Å². The fourth-order valence-corrected chi connectivity index (χ4v) is 4.16. The molecule has 2 aromatic carbocycles. The number of benzene rings is 2. The number of ether oxygens (including phenoxy) is 1. The molecule has 1 fully saturated rings. The summed E-state index contributed by atoms with van der Waals surface area (Å²) < 4.78 is 11.5. The number of rotatable bonds is 10.